The number of H-pyrrole nitrogens is 1. The molecule has 2 heterocycles. The first-order valence-electron chi connectivity index (χ1n) is 7.22. The highest BCUT2D eigenvalue weighted by Crippen LogP contribution is 2.28. The molecule has 0 aromatic carbocycles. The molecular weight excluding hydrogens is 270 g/mol. The van der Waals surface area contributed by atoms with E-state index in [1.165, 1.54) is 0 Å². The van der Waals surface area contributed by atoms with Crippen LogP contribution in [0.1, 0.15) is 45.1 Å². The summed E-state index contributed by atoms with van der Waals surface area (Å²) in [5.41, 5.74) is 6.18. The van der Waals surface area contributed by atoms with E-state index in [2.05, 4.69) is 4.98 Å². The zero-order valence-corrected chi connectivity index (χ0v) is 12.8. The monoisotopic (exact) mass is 293 g/mol. The summed E-state index contributed by atoms with van der Waals surface area (Å²) in [7, 11) is 0. The molecule has 2 rings (SSSR count). The fraction of sp³-hybridized carbons (Fsp3) is 0.600. The third-order valence-corrected chi connectivity index (χ3v) is 3.57. The van der Waals surface area contributed by atoms with Crippen LogP contribution in [-0.2, 0) is 4.74 Å². The minimum absolute atomic E-state index is 0.238. The van der Waals surface area contributed by atoms with E-state index in [0.29, 0.717) is 19.0 Å². The number of piperidine rings is 1. The van der Waals surface area contributed by atoms with Crippen LogP contribution in [0.5, 0.6) is 0 Å². The minimum atomic E-state index is -0.471. The number of carbonyl (C=O) groups is 1. The van der Waals surface area contributed by atoms with Crippen LogP contribution < -0.4 is 11.3 Å². The number of pyridine rings is 1. The second-order valence-electron chi connectivity index (χ2n) is 6.46. The topological polar surface area (TPSA) is 88.4 Å². The van der Waals surface area contributed by atoms with Gasteiger partial charge < -0.3 is 20.4 Å². The van der Waals surface area contributed by atoms with Crippen molar-refractivity contribution in [2.45, 2.75) is 45.1 Å². The van der Waals surface area contributed by atoms with Gasteiger partial charge in [0.15, 0.2) is 0 Å². The Hall–Kier alpha value is -1.98. The maximum atomic E-state index is 12.0. The standard InChI is InChI=1S/C15H23N3O3/c1-15(2,3)21-14(20)18-6-4-10(5-7-18)11-8-12(16)13(19)17-9-11/h8-10H,4-7,16H2,1-3H3,(H,17,19). The summed E-state index contributed by atoms with van der Waals surface area (Å²) in [6.07, 6.45) is 3.13. The number of carbonyl (C=O) groups excluding carboxylic acids is 1. The summed E-state index contributed by atoms with van der Waals surface area (Å²) in [6.45, 7) is 6.89. The van der Waals surface area contributed by atoms with E-state index in [-0.39, 0.29) is 17.3 Å². The third-order valence-electron chi connectivity index (χ3n) is 3.57. The quantitative estimate of drug-likeness (QED) is 0.829. The van der Waals surface area contributed by atoms with Crippen LogP contribution in [0.25, 0.3) is 0 Å². The third kappa shape index (κ3) is 4.00. The molecule has 21 heavy (non-hydrogen) atoms. The lowest BCUT2D eigenvalue weighted by atomic mass is 9.90. The zero-order valence-electron chi connectivity index (χ0n) is 12.8. The molecular formula is C15H23N3O3. The molecule has 0 bridgehead atoms. The van der Waals surface area contributed by atoms with Crippen molar-refractivity contribution in [2.24, 2.45) is 0 Å². The summed E-state index contributed by atoms with van der Waals surface area (Å²) in [4.78, 5) is 27.6. The van der Waals surface area contributed by atoms with Gasteiger partial charge in [0.05, 0.1) is 5.69 Å². The van der Waals surface area contributed by atoms with Crippen molar-refractivity contribution in [3.05, 3.63) is 28.2 Å². The average molecular weight is 293 g/mol. The van der Waals surface area contributed by atoms with E-state index in [1.54, 1.807) is 17.2 Å². The molecule has 3 N–H and O–H groups in total. The Morgan fingerprint density at radius 1 is 1.38 bits per heavy atom. The van der Waals surface area contributed by atoms with Crippen LogP contribution in [0.4, 0.5) is 10.5 Å². The van der Waals surface area contributed by atoms with Gasteiger partial charge in [-0.1, -0.05) is 0 Å². The van der Waals surface area contributed by atoms with Gasteiger partial charge in [-0.25, -0.2) is 4.79 Å². The van der Waals surface area contributed by atoms with E-state index >= 15 is 0 Å². The first kappa shape index (κ1) is 15.4. The summed E-state index contributed by atoms with van der Waals surface area (Å²) >= 11 is 0. The number of rotatable bonds is 1. The normalized spacial score (nSPS) is 16.8. The number of nitrogens with one attached hydrogen (secondary N) is 1. The van der Waals surface area contributed by atoms with Gasteiger partial charge in [-0.15, -0.1) is 0 Å². The number of ether oxygens (including phenoxy) is 1. The highest BCUT2D eigenvalue weighted by Gasteiger charge is 2.27. The molecule has 0 radical (unpaired) electrons. The number of hydrogen-bond acceptors (Lipinski definition) is 4. The van der Waals surface area contributed by atoms with Gasteiger partial charge >= 0.3 is 6.09 Å². The first-order chi connectivity index (χ1) is 9.76. The number of nitrogen functional groups attached to an aromatic ring is 1. The van der Waals surface area contributed by atoms with Gasteiger partial charge in [0.1, 0.15) is 5.60 Å². The van der Waals surface area contributed by atoms with Gasteiger partial charge in [0, 0.05) is 19.3 Å². The first-order valence-corrected chi connectivity index (χ1v) is 7.22. The Bertz CT molecular complexity index is 566. The molecule has 6 nitrogen and oxygen atoms in total. The number of anilines is 1. The Balaban J connectivity index is 1.95. The number of amides is 1. The van der Waals surface area contributed by atoms with Crippen molar-refractivity contribution in [1.29, 1.82) is 0 Å². The fourth-order valence-corrected chi connectivity index (χ4v) is 2.48. The lowest BCUT2D eigenvalue weighted by Crippen LogP contribution is -2.41. The number of aromatic nitrogens is 1. The molecule has 0 atom stereocenters. The lowest BCUT2D eigenvalue weighted by Gasteiger charge is -2.33. The average Bonchev–Trinajstić information content (AvgIpc) is 2.40. The van der Waals surface area contributed by atoms with Crippen LogP contribution in [0.15, 0.2) is 17.1 Å². The Morgan fingerprint density at radius 3 is 2.52 bits per heavy atom. The molecule has 1 aromatic rings. The van der Waals surface area contributed by atoms with E-state index in [1.807, 2.05) is 20.8 Å². The Morgan fingerprint density at radius 2 is 2.00 bits per heavy atom. The summed E-state index contributed by atoms with van der Waals surface area (Å²) in [5.74, 6) is 0.308. The lowest BCUT2D eigenvalue weighted by molar-refractivity contribution is 0.0205. The van der Waals surface area contributed by atoms with E-state index in [4.69, 9.17) is 10.5 Å². The summed E-state index contributed by atoms with van der Waals surface area (Å²) < 4.78 is 5.37. The maximum absolute atomic E-state index is 12.0. The molecule has 1 amide bonds. The molecule has 1 saturated heterocycles. The predicted molar refractivity (Wildman–Crippen MR) is 81.3 cm³/mol. The SMILES string of the molecule is CC(C)(C)OC(=O)N1CCC(c2c[nH]c(=O)c(N)c2)CC1. The Kier molecular flexibility index (Phi) is 4.25. The van der Waals surface area contributed by atoms with Crippen molar-refractivity contribution in [1.82, 2.24) is 9.88 Å². The van der Waals surface area contributed by atoms with Gasteiger partial charge in [0.25, 0.3) is 5.56 Å². The molecule has 1 fully saturated rings. The van der Waals surface area contributed by atoms with E-state index < -0.39 is 5.60 Å². The molecule has 6 heteroatoms. The fourth-order valence-electron chi connectivity index (χ4n) is 2.48. The van der Waals surface area contributed by atoms with Gasteiger partial charge in [-0.05, 0) is 51.2 Å². The predicted octanol–water partition coefficient (Wildman–Crippen LogP) is 2.07. The highest BCUT2D eigenvalue weighted by molar-refractivity contribution is 5.68. The van der Waals surface area contributed by atoms with Crippen LogP contribution in [0.2, 0.25) is 0 Å². The number of hydrogen-bond donors (Lipinski definition) is 2. The van der Waals surface area contributed by atoms with Crippen molar-refractivity contribution < 1.29 is 9.53 Å². The Labute approximate surface area is 124 Å². The van der Waals surface area contributed by atoms with Crippen LogP contribution in [-0.4, -0.2) is 34.7 Å². The maximum Gasteiger partial charge on any atom is 0.410 e. The van der Waals surface area contributed by atoms with Crippen LogP contribution in [0, 0.1) is 0 Å². The van der Waals surface area contributed by atoms with Crippen LogP contribution >= 0.6 is 0 Å². The van der Waals surface area contributed by atoms with Crippen molar-refractivity contribution >= 4 is 11.8 Å². The van der Waals surface area contributed by atoms with Gasteiger partial charge in [0.2, 0.25) is 0 Å². The molecule has 0 spiro atoms. The van der Waals surface area contributed by atoms with E-state index in [9.17, 15) is 9.59 Å². The number of nitrogens with two attached hydrogens (primary N) is 1. The van der Waals surface area contributed by atoms with Crippen molar-refractivity contribution in [2.75, 3.05) is 18.8 Å². The molecule has 0 unspecified atom stereocenters. The minimum Gasteiger partial charge on any atom is -0.444 e. The molecule has 1 aliphatic rings. The highest BCUT2D eigenvalue weighted by atomic mass is 16.6. The molecule has 1 aliphatic heterocycles. The summed E-state index contributed by atoms with van der Waals surface area (Å²) in [5, 5.41) is 0. The van der Waals surface area contributed by atoms with Crippen LogP contribution in [0.3, 0.4) is 0 Å². The molecule has 116 valence electrons. The van der Waals surface area contributed by atoms with E-state index in [0.717, 1.165) is 18.4 Å². The largest absolute Gasteiger partial charge is 0.444 e. The van der Waals surface area contributed by atoms with Gasteiger partial charge in [-0.3, -0.25) is 4.79 Å². The smallest absolute Gasteiger partial charge is 0.410 e. The molecule has 0 saturated carbocycles. The zero-order chi connectivity index (χ0) is 15.6. The van der Waals surface area contributed by atoms with Gasteiger partial charge in [-0.2, -0.15) is 0 Å². The number of aromatic amines is 1. The second-order valence-corrected chi connectivity index (χ2v) is 6.46. The second kappa shape index (κ2) is 5.79. The van der Waals surface area contributed by atoms with Crippen molar-refractivity contribution in [3.8, 4) is 0 Å². The molecule has 0 aliphatic carbocycles. The summed E-state index contributed by atoms with van der Waals surface area (Å²) in [6, 6.07) is 1.73. The molecule has 1 aromatic heterocycles. The number of likely N-dealkylation sites (tertiary alicyclic amines) is 1. The number of nitrogens with zero attached hydrogens (tertiary/aromatic N) is 1. The van der Waals surface area contributed by atoms with Crippen molar-refractivity contribution in [3.63, 3.8) is 0 Å².